The van der Waals surface area contributed by atoms with E-state index in [9.17, 15) is 14.9 Å². The van der Waals surface area contributed by atoms with Gasteiger partial charge in [-0.25, -0.2) is 4.79 Å². The second kappa shape index (κ2) is 11.1. The lowest BCUT2D eigenvalue weighted by atomic mass is 10.1. The van der Waals surface area contributed by atoms with E-state index >= 15 is 0 Å². The van der Waals surface area contributed by atoms with Crippen LogP contribution in [0.5, 0.6) is 23.0 Å². The highest BCUT2D eigenvalue weighted by Gasteiger charge is 2.16. The van der Waals surface area contributed by atoms with Crippen molar-refractivity contribution in [3.63, 3.8) is 0 Å². The van der Waals surface area contributed by atoms with Crippen molar-refractivity contribution in [2.75, 3.05) is 27.9 Å². The Morgan fingerprint density at radius 1 is 1.03 bits per heavy atom. The molecule has 0 saturated carbocycles. The summed E-state index contributed by atoms with van der Waals surface area (Å²) in [5.74, 6) is 0.140. The van der Waals surface area contributed by atoms with Crippen LogP contribution in [0.3, 0.4) is 0 Å². The quantitative estimate of drug-likeness (QED) is 0.217. The maximum atomic E-state index is 12.6. The fourth-order valence-corrected chi connectivity index (χ4v) is 2.52. The maximum absolute atomic E-state index is 12.6. The minimum Gasteiger partial charge on any atom is -0.497 e. The number of hydrogen-bond donors (Lipinski definition) is 1. The van der Waals surface area contributed by atoms with Gasteiger partial charge in [-0.2, -0.15) is 5.26 Å². The van der Waals surface area contributed by atoms with Crippen LogP contribution in [0.2, 0.25) is 0 Å². The normalized spacial score (nSPS) is 10.5. The number of benzene rings is 2. The number of nitriles is 1. The number of methoxy groups -OCH3 is 3. The van der Waals surface area contributed by atoms with Crippen molar-refractivity contribution < 1.29 is 28.5 Å². The highest BCUT2D eigenvalue weighted by molar-refractivity contribution is 6.01. The van der Waals surface area contributed by atoms with Crippen LogP contribution in [0.25, 0.3) is 6.08 Å². The lowest BCUT2D eigenvalue weighted by Gasteiger charge is -2.11. The number of carbonyl (C=O) groups is 2. The third-order valence-corrected chi connectivity index (χ3v) is 4.06. The number of carbonyl (C=O) groups excluding carboxylic acids is 2. The standard InChI is InChI=1S/C23H22N2O6/c1-5-8-25-22(26)17(14-24)9-15-6-7-20(21(10-15)30-4)31-23(27)16-11-18(28-2)13-19(12-16)29-3/h5-7,9-13H,1,8H2,2-4H3,(H,25,26). The van der Waals surface area contributed by atoms with Gasteiger partial charge in [-0.1, -0.05) is 12.1 Å². The first-order chi connectivity index (χ1) is 14.9. The summed E-state index contributed by atoms with van der Waals surface area (Å²) in [5.41, 5.74) is 0.662. The lowest BCUT2D eigenvalue weighted by molar-refractivity contribution is -0.116. The first-order valence-corrected chi connectivity index (χ1v) is 9.09. The zero-order chi connectivity index (χ0) is 22.8. The van der Waals surface area contributed by atoms with E-state index in [1.807, 2.05) is 6.07 Å². The molecule has 0 aliphatic carbocycles. The lowest BCUT2D eigenvalue weighted by Crippen LogP contribution is -2.24. The molecule has 0 unspecified atom stereocenters. The molecule has 1 amide bonds. The molecule has 0 radical (unpaired) electrons. The summed E-state index contributed by atoms with van der Waals surface area (Å²) in [4.78, 5) is 24.6. The summed E-state index contributed by atoms with van der Waals surface area (Å²) in [6, 6.07) is 11.2. The third kappa shape index (κ3) is 6.11. The number of rotatable bonds is 9. The minimum absolute atomic E-state index is 0.0860. The van der Waals surface area contributed by atoms with E-state index in [1.165, 1.54) is 51.7 Å². The van der Waals surface area contributed by atoms with Crippen molar-refractivity contribution in [2.24, 2.45) is 0 Å². The molecule has 31 heavy (non-hydrogen) atoms. The summed E-state index contributed by atoms with van der Waals surface area (Å²) < 4.78 is 21.1. The molecule has 160 valence electrons. The molecule has 0 fully saturated rings. The van der Waals surface area contributed by atoms with Crippen LogP contribution in [-0.2, 0) is 4.79 Å². The summed E-state index contributed by atoms with van der Waals surface area (Å²) in [5, 5.41) is 11.8. The van der Waals surface area contributed by atoms with Gasteiger partial charge in [-0.15, -0.1) is 6.58 Å². The number of ether oxygens (including phenoxy) is 4. The Hall–Kier alpha value is -4.25. The highest BCUT2D eigenvalue weighted by Crippen LogP contribution is 2.31. The Labute approximate surface area is 180 Å². The van der Waals surface area contributed by atoms with E-state index in [-0.39, 0.29) is 29.2 Å². The largest absolute Gasteiger partial charge is 0.497 e. The molecule has 2 aromatic carbocycles. The monoisotopic (exact) mass is 422 g/mol. The van der Waals surface area contributed by atoms with Gasteiger partial charge in [0.15, 0.2) is 11.5 Å². The number of nitrogens with one attached hydrogen (secondary N) is 1. The van der Waals surface area contributed by atoms with Gasteiger partial charge in [0.25, 0.3) is 5.91 Å². The molecule has 0 atom stereocenters. The topological polar surface area (TPSA) is 107 Å². The Balaban J connectivity index is 2.29. The second-order valence-electron chi connectivity index (χ2n) is 6.07. The third-order valence-electron chi connectivity index (χ3n) is 4.06. The van der Waals surface area contributed by atoms with Crippen LogP contribution < -0.4 is 24.3 Å². The minimum atomic E-state index is -0.639. The van der Waals surface area contributed by atoms with Crippen LogP contribution in [0.4, 0.5) is 0 Å². The van der Waals surface area contributed by atoms with Crippen LogP contribution in [0.1, 0.15) is 15.9 Å². The molecular weight excluding hydrogens is 400 g/mol. The zero-order valence-corrected chi connectivity index (χ0v) is 17.4. The first kappa shape index (κ1) is 23.0. The van der Waals surface area contributed by atoms with Gasteiger partial charge in [-0.3, -0.25) is 4.79 Å². The molecule has 8 heteroatoms. The van der Waals surface area contributed by atoms with Crippen molar-refractivity contribution in [1.82, 2.24) is 5.32 Å². The fourth-order valence-electron chi connectivity index (χ4n) is 2.52. The van der Waals surface area contributed by atoms with Crippen LogP contribution in [0, 0.1) is 11.3 Å². The fraction of sp³-hybridized carbons (Fsp3) is 0.174. The summed E-state index contributed by atoms with van der Waals surface area (Å²) in [6.45, 7) is 3.75. The Morgan fingerprint density at radius 2 is 1.71 bits per heavy atom. The molecule has 8 nitrogen and oxygen atoms in total. The second-order valence-corrected chi connectivity index (χ2v) is 6.07. The molecule has 1 N–H and O–H groups in total. The number of amides is 1. The van der Waals surface area contributed by atoms with Gasteiger partial charge < -0.3 is 24.3 Å². The SMILES string of the molecule is C=CCNC(=O)C(C#N)=Cc1ccc(OC(=O)c2cc(OC)cc(OC)c2)c(OC)c1. The van der Waals surface area contributed by atoms with Crippen molar-refractivity contribution in [2.45, 2.75) is 0 Å². The molecule has 0 aliphatic heterocycles. The predicted molar refractivity (Wildman–Crippen MR) is 114 cm³/mol. The Morgan fingerprint density at radius 3 is 2.26 bits per heavy atom. The van der Waals surface area contributed by atoms with Gasteiger partial charge in [0, 0.05) is 12.6 Å². The van der Waals surface area contributed by atoms with E-state index in [2.05, 4.69) is 11.9 Å². The number of hydrogen-bond acceptors (Lipinski definition) is 7. The van der Waals surface area contributed by atoms with Crippen molar-refractivity contribution in [3.8, 4) is 29.1 Å². The zero-order valence-electron chi connectivity index (χ0n) is 17.4. The molecule has 0 spiro atoms. The average molecular weight is 422 g/mol. The molecular formula is C23H22N2O6. The van der Waals surface area contributed by atoms with Gasteiger partial charge in [0.05, 0.1) is 26.9 Å². The summed E-state index contributed by atoms with van der Waals surface area (Å²) in [7, 11) is 4.37. The van der Waals surface area contributed by atoms with E-state index in [4.69, 9.17) is 18.9 Å². The highest BCUT2D eigenvalue weighted by atomic mass is 16.6. The van der Waals surface area contributed by atoms with Crippen LogP contribution >= 0.6 is 0 Å². The number of esters is 1. The number of nitrogens with zero attached hydrogens (tertiary/aromatic N) is 1. The maximum Gasteiger partial charge on any atom is 0.343 e. The summed E-state index contributed by atoms with van der Waals surface area (Å²) in [6.07, 6.45) is 2.91. The van der Waals surface area contributed by atoms with Crippen molar-refractivity contribution >= 4 is 18.0 Å². The summed E-state index contributed by atoms with van der Waals surface area (Å²) >= 11 is 0. The molecule has 0 aromatic heterocycles. The van der Waals surface area contributed by atoms with Gasteiger partial charge >= 0.3 is 5.97 Å². The Bertz CT molecular complexity index is 1030. The van der Waals surface area contributed by atoms with Crippen LogP contribution in [0.15, 0.2) is 54.6 Å². The van der Waals surface area contributed by atoms with E-state index in [0.717, 1.165) is 0 Å². The molecule has 0 bridgehead atoms. The Kier molecular flexibility index (Phi) is 8.22. The molecule has 2 rings (SSSR count). The van der Waals surface area contributed by atoms with Crippen molar-refractivity contribution in [1.29, 1.82) is 5.26 Å². The van der Waals surface area contributed by atoms with E-state index in [0.29, 0.717) is 17.1 Å². The van der Waals surface area contributed by atoms with Crippen LogP contribution in [-0.4, -0.2) is 39.8 Å². The van der Waals surface area contributed by atoms with E-state index in [1.54, 1.807) is 18.2 Å². The molecule has 2 aromatic rings. The van der Waals surface area contributed by atoms with Gasteiger partial charge in [0.1, 0.15) is 23.1 Å². The average Bonchev–Trinajstić information content (AvgIpc) is 2.80. The van der Waals surface area contributed by atoms with E-state index < -0.39 is 11.9 Å². The molecule has 0 saturated heterocycles. The smallest absolute Gasteiger partial charge is 0.343 e. The first-order valence-electron chi connectivity index (χ1n) is 9.09. The molecule has 0 aliphatic rings. The predicted octanol–water partition coefficient (Wildman–Crippen LogP) is 3.14. The van der Waals surface area contributed by atoms with Crippen molar-refractivity contribution in [3.05, 3.63) is 65.8 Å². The van der Waals surface area contributed by atoms with Gasteiger partial charge in [0.2, 0.25) is 0 Å². The molecule has 0 heterocycles. The van der Waals surface area contributed by atoms with Gasteiger partial charge in [-0.05, 0) is 35.9 Å².